The number of fused-ring (bicyclic) bond motifs is 1. The van der Waals surface area contributed by atoms with Crippen LogP contribution in [0.25, 0.3) is 22.2 Å². The number of benzene rings is 2. The predicted octanol–water partition coefficient (Wildman–Crippen LogP) is 4.04. The Balaban J connectivity index is 1.43. The minimum Gasteiger partial charge on any atom is -0.495 e. The van der Waals surface area contributed by atoms with E-state index in [0.29, 0.717) is 29.4 Å². The van der Waals surface area contributed by atoms with Crippen molar-refractivity contribution in [3.8, 4) is 17.0 Å². The Morgan fingerprint density at radius 3 is 2.61 bits per heavy atom. The van der Waals surface area contributed by atoms with Crippen LogP contribution in [0.4, 0.5) is 17.2 Å². The number of methoxy groups -OCH3 is 1. The number of nitrogens with one attached hydrogen (secondary N) is 1. The van der Waals surface area contributed by atoms with Gasteiger partial charge in [0.05, 0.1) is 23.4 Å². The van der Waals surface area contributed by atoms with Crippen molar-refractivity contribution in [2.45, 2.75) is 6.54 Å². The van der Waals surface area contributed by atoms with E-state index in [1.807, 2.05) is 25.4 Å². The van der Waals surface area contributed by atoms with E-state index in [-0.39, 0.29) is 10.6 Å². The maximum absolute atomic E-state index is 12.0. The van der Waals surface area contributed by atoms with Gasteiger partial charge in [0.2, 0.25) is 0 Å². The highest BCUT2D eigenvalue weighted by Gasteiger charge is 2.23. The molecule has 2 aromatic carbocycles. The van der Waals surface area contributed by atoms with Crippen LogP contribution < -0.4 is 10.1 Å². The minimum atomic E-state index is -0.337. The summed E-state index contributed by atoms with van der Waals surface area (Å²) in [7, 11) is 5.66. The third kappa shape index (κ3) is 4.86. The molecule has 0 radical (unpaired) electrons. The van der Waals surface area contributed by atoms with E-state index < -0.39 is 0 Å². The standard InChI is InChI=1S/C26H29N7O3/c1-30-8-10-32(11-9-30)16-20-13-25(36-3)22(14-24(20)33(34)35)29-26-15-21(27-17-28-26)18-4-5-23-19(12-18)6-7-31(23)2/h4-7,12-15,17H,8-11,16H2,1-3H3,(H,27,28,29). The van der Waals surface area contributed by atoms with Crippen molar-refractivity contribution < 1.29 is 9.66 Å². The molecule has 0 unspecified atom stereocenters. The fraction of sp³-hybridized carbons (Fsp3) is 0.308. The van der Waals surface area contributed by atoms with Crippen LogP contribution in [0.15, 0.2) is 55.0 Å². The van der Waals surface area contributed by atoms with Crippen LogP contribution in [-0.4, -0.2) is 69.6 Å². The quantitative estimate of drug-likeness (QED) is 0.308. The maximum atomic E-state index is 12.0. The van der Waals surface area contributed by atoms with Crippen LogP contribution in [0.2, 0.25) is 0 Å². The summed E-state index contributed by atoms with van der Waals surface area (Å²) in [4.78, 5) is 24.9. The Morgan fingerprint density at radius 2 is 1.86 bits per heavy atom. The summed E-state index contributed by atoms with van der Waals surface area (Å²) in [5, 5.41) is 16.3. The van der Waals surface area contributed by atoms with Crippen LogP contribution in [0.1, 0.15) is 5.56 Å². The number of hydrogen-bond donors (Lipinski definition) is 1. The summed E-state index contributed by atoms with van der Waals surface area (Å²) < 4.78 is 7.68. The number of anilines is 2. The van der Waals surface area contributed by atoms with Crippen LogP contribution in [-0.2, 0) is 13.6 Å². The summed E-state index contributed by atoms with van der Waals surface area (Å²) in [5.41, 5.74) is 4.01. The molecule has 1 fully saturated rings. The third-order valence-corrected chi connectivity index (χ3v) is 6.70. The van der Waals surface area contributed by atoms with Crippen molar-refractivity contribution in [3.05, 3.63) is 70.7 Å². The molecule has 1 saturated heterocycles. The van der Waals surface area contributed by atoms with Crippen molar-refractivity contribution in [2.75, 3.05) is 45.7 Å². The van der Waals surface area contributed by atoms with E-state index in [1.54, 1.807) is 13.2 Å². The van der Waals surface area contributed by atoms with E-state index in [9.17, 15) is 10.1 Å². The van der Waals surface area contributed by atoms with Gasteiger partial charge in [0, 0.05) is 80.1 Å². The zero-order valence-electron chi connectivity index (χ0n) is 20.6. The molecule has 0 amide bonds. The molecule has 5 rings (SSSR count). The van der Waals surface area contributed by atoms with Gasteiger partial charge < -0.3 is 19.5 Å². The fourth-order valence-electron chi connectivity index (χ4n) is 4.58. The Morgan fingerprint density at radius 1 is 1.06 bits per heavy atom. The van der Waals surface area contributed by atoms with E-state index in [1.165, 1.54) is 12.4 Å². The summed E-state index contributed by atoms with van der Waals surface area (Å²) in [6.07, 6.45) is 3.50. The Bertz CT molecular complexity index is 1410. The van der Waals surface area contributed by atoms with Gasteiger partial charge >= 0.3 is 0 Å². The number of likely N-dealkylation sites (N-methyl/N-ethyl adjacent to an activating group) is 1. The van der Waals surface area contributed by atoms with Crippen LogP contribution in [0, 0.1) is 10.1 Å². The first-order chi connectivity index (χ1) is 17.4. The molecule has 10 heteroatoms. The zero-order valence-corrected chi connectivity index (χ0v) is 20.6. The fourth-order valence-corrected chi connectivity index (χ4v) is 4.58. The highest BCUT2D eigenvalue weighted by atomic mass is 16.6. The Kier molecular flexibility index (Phi) is 6.53. The van der Waals surface area contributed by atoms with E-state index in [4.69, 9.17) is 4.74 Å². The lowest BCUT2D eigenvalue weighted by molar-refractivity contribution is -0.385. The molecule has 0 aliphatic carbocycles. The normalized spacial score (nSPS) is 14.8. The van der Waals surface area contributed by atoms with Crippen molar-refractivity contribution in [2.24, 2.45) is 7.05 Å². The molecule has 0 bridgehead atoms. The minimum absolute atomic E-state index is 0.0565. The van der Waals surface area contributed by atoms with Gasteiger partial charge in [0.1, 0.15) is 17.9 Å². The lowest BCUT2D eigenvalue weighted by Crippen LogP contribution is -2.43. The predicted molar refractivity (Wildman–Crippen MR) is 140 cm³/mol. The van der Waals surface area contributed by atoms with Gasteiger partial charge in [-0.2, -0.15) is 0 Å². The molecule has 186 valence electrons. The number of nitro benzene ring substituents is 1. The summed E-state index contributed by atoms with van der Waals surface area (Å²) in [6.45, 7) is 4.12. The number of piperazine rings is 1. The summed E-state index contributed by atoms with van der Waals surface area (Å²) in [6, 6.07) is 13.3. The number of nitrogens with zero attached hydrogens (tertiary/aromatic N) is 6. The van der Waals surface area contributed by atoms with Crippen LogP contribution in [0.3, 0.4) is 0 Å². The third-order valence-electron chi connectivity index (χ3n) is 6.70. The Labute approximate surface area is 209 Å². The largest absolute Gasteiger partial charge is 0.495 e. The average Bonchev–Trinajstić information content (AvgIpc) is 3.26. The smallest absolute Gasteiger partial charge is 0.276 e. The first-order valence-electron chi connectivity index (χ1n) is 11.8. The molecule has 1 aliphatic heterocycles. The van der Waals surface area contributed by atoms with Crippen LogP contribution >= 0.6 is 0 Å². The number of rotatable bonds is 7. The average molecular weight is 488 g/mol. The van der Waals surface area contributed by atoms with Gasteiger partial charge in [-0.1, -0.05) is 6.07 Å². The highest BCUT2D eigenvalue weighted by molar-refractivity contribution is 5.85. The number of ether oxygens (including phenoxy) is 1. The van der Waals surface area contributed by atoms with Crippen molar-refractivity contribution >= 4 is 28.1 Å². The lowest BCUT2D eigenvalue weighted by Gasteiger charge is -2.32. The number of hydrogen-bond acceptors (Lipinski definition) is 8. The van der Waals surface area contributed by atoms with Crippen molar-refractivity contribution in [1.29, 1.82) is 0 Å². The molecule has 2 aromatic heterocycles. The summed E-state index contributed by atoms with van der Waals surface area (Å²) >= 11 is 0. The Hall–Kier alpha value is -4.02. The SMILES string of the molecule is COc1cc(CN2CCN(C)CC2)c([N+](=O)[O-])cc1Nc1cc(-c2ccc3c(ccn3C)c2)ncn1. The highest BCUT2D eigenvalue weighted by Crippen LogP contribution is 2.35. The maximum Gasteiger partial charge on any atom is 0.276 e. The second-order valence-corrected chi connectivity index (χ2v) is 9.13. The first-order valence-corrected chi connectivity index (χ1v) is 11.8. The molecule has 1 aliphatic rings. The van der Waals surface area contributed by atoms with E-state index in [2.05, 4.69) is 54.9 Å². The van der Waals surface area contributed by atoms with Crippen molar-refractivity contribution in [1.82, 2.24) is 24.3 Å². The summed E-state index contributed by atoms with van der Waals surface area (Å²) in [5.74, 6) is 1.04. The monoisotopic (exact) mass is 487 g/mol. The molecule has 3 heterocycles. The molecule has 0 atom stereocenters. The second kappa shape index (κ2) is 9.92. The van der Waals surface area contributed by atoms with Crippen LogP contribution in [0.5, 0.6) is 5.75 Å². The van der Waals surface area contributed by atoms with Gasteiger partial charge in [0.15, 0.2) is 0 Å². The molecule has 0 spiro atoms. The molecule has 10 nitrogen and oxygen atoms in total. The van der Waals surface area contributed by atoms with Gasteiger partial charge in [-0.3, -0.25) is 15.0 Å². The van der Waals surface area contributed by atoms with Gasteiger partial charge in [0.25, 0.3) is 5.69 Å². The number of nitro groups is 1. The first kappa shape index (κ1) is 23.7. The second-order valence-electron chi connectivity index (χ2n) is 9.13. The molecule has 0 saturated carbocycles. The van der Waals surface area contributed by atoms with Gasteiger partial charge in [-0.15, -0.1) is 0 Å². The van der Waals surface area contributed by atoms with E-state index >= 15 is 0 Å². The molecule has 4 aromatic rings. The number of aromatic nitrogens is 3. The molecular formula is C26H29N7O3. The topological polar surface area (TPSA) is 102 Å². The molecule has 36 heavy (non-hydrogen) atoms. The van der Waals surface area contributed by atoms with Gasteiger partial charge in [-0.05, 0) is 31.3 Å². The molecular weight excluding hydrogens is 458 g/mol. The number of aryl methyl sites for hydroxylation is 1. The van der Waals surface area contributed by atoms with Crippen molar-refractivity contribution in [3.63, 3.8) is 0 Å². The lowest BCUT2D eigenvalue weighted by atomic mass is 10.1. The molecule has 1 N–H and O–H groups in total. The van der Waals surface area contributed by atoms with Gasteiger partial charge in [-0.25, -0.2) is 9.97 Å². The zero-order chi connectivity index (χ0) is 25.2. The van der Waals surface area contributed by atoms with E-state index in [0.717, 1.165) is 48.3 Å².